The lowest BCUT2D eigenvalue weighted by Crippen LogP contribution is -2.30. The third-order valence-corrected chi connectivity index (χ3v) is 3.94. The summed E-state index contributed by atoms with van der Waals surface area (Å²) in [5, 5.41) is 10.9. The van der Waals surface area contributed by atoms with Gasteiger partial charge >= 0.3 is 0 Å². The van der Waals surface area contributed by atoms with Crippen molar-refractivity contribution in [1.82, 2.24) is 4.57 Å². The summed E-state index contributed by atoms with van der Waals surface area (Å²) >= 11 is 0. The Morgan fingerprint density at radius 1 is 1.00 bits per heavy atom. The topological polar surface area (TPSA) is 42.2 Å². The molecule has 0 spiro atoms. The molecule has 0 aliphatic heterocycles. The van der Waals surface area contributed by atoms with Crippen molar-refractivity contribution in [2.45, 2.75) is 20.0 Å². The molecule has 24 heavy (non-hydrogen) atoms. The maximum Gasteiger partial charge on any atom is 0.260 e. The summed E-state index contributed by atoms with van der Waals surface area (Å²) in [4.78, 5) is 12.3. The molecule has 120 valence electrons. The van der Waals surface area contributed by atoms with Crippen LogP contribution < -0.4 is 0 Å². The number of hydrogen-bond acceptors (Lipinski definition) is 2. The van der Waals surface area contributed by atoms with Crippen LogP contribution in [-0.2, 0) is 0 Å². The Hall–Kier alpha value is -2.83. The van der Waals surface area contributed by atoms with E-state index in [2.05, 4.69) is 11.8 Å². The molecule has 0 aliphatic rings. The van der Waals surface area contributed by atoms with Gasteiger partial charge in [-0.05, 0) is 42.3 Å². The summed E-state index contributed by atoms with van der Waals surface area (Å²) in [6.45, 7) is 3.65. The highest BCUT2D eigenvalue weighted by atomic mass is 16.3. The Balaban J connectivity index is 1.92. The third kappa shape index (κ3) is 3.24. The van der Waals surface area contributed by atoms with E-state index in [-0.39, 0.29) is 11.8 Å². The van der Waals surface area contributed by atoms with E-state index in [1.165, 1.54) is 4.57 Å². The van der Waals surface area contributed by atoms with Crippen molar-refractivity contribution in [2.24, 2.45) is 5.92 Å². The molecule has 3 rings (SSSR count). The van der Waals surface area contributed by atoms with E-state index in [0.29, 0.717) is 0 Å². The van der Waals surface area contributed by atoms with E-state index < -0.39 is 6.10 Å². The van der Waals surface area contributed by atoms with Gasteiger partial charge in [-0.25, -0.2) is 0 Å². The Kier molecular flexibility index (Phi) is 4.50. The molecule has 1 heterocycles. The molecule has 0 radical (unpaired) electrons. The van der Waals surface area contributed by atoms with Crippen LogP contribution in [0.1, 0.15) is 29.8 Å². The van der Waals surface area contributed by atoms with Gasteiger partial charge in [-0.3, -0.25) is 9.36 Å². The van der Waals surface area contributed by atoms with Crippen molar-refractivity contribution < 1.29 is 9.90 Å². The zero-order chi connectivity index (χ0) is 17.1. The minimum absolute atomic E-state index is 0.119. The minimum atomic E-state index is -1.00. The monoisotopic (exact) mass is 317 g/mol. The Morgan fingerprint density at radius 3 is 2.42 bits per heavy atom. The number of hydrogen-bond donors (Lipinski definition) is 1. The van der Waals surface area contributed by atoms with Crippen LogP contribution in [0.2, 0.25) is 0 Å². The average Bonchev–Trinajstić information content (AvgIpc) is 3.02. The van der Waals surface area contributed by atoms with Gasteiger partial charge in [0.15, 0.2) is 0 Å². The van der Waals surface area contributed by atoms with Crippen LogP contribution in [0.5, 0.6) is 0 Å². The zero-order valence-corrected chi connectivity index (χ0v) is 13.7. The maximum absolute atomic E-state index is 12.3. The molecular weight excluding hydrogens is 298 g/mol. The highest BCUT2D eigenvalue weighted by molar-refractivity contribution is 5.95. The molecule has 2 aromatic carbocycles. The number of benzene rings is 2. The van der Waals surface area contributed by atoms with Crippen molar-refractivity contribution in [3.8, 4) is 11.8 Å². The molecule has 0 saturated carbocycles. The molecule has 1 unspecified atom stereocenters. The zero-order valence-electron chi connectivity index (χ0n) is 13.7. The number of fused-ring (bicyclic) bond motifs is 1. The first-order valence-electron chi connectivity index (χ1n) is 7.97. The van der Waals surface area contributed by atoms with Crippen molar-refractivity contribution in [3.05, 3.63) is 71.9 Å². The Morgan fingerprint density at radius 2 is 1.71 bits per heavy atom. The van der Waals surface area contributed by atoms with Gasteiger partial charge in [0.1, 0.15) is 6.10 Å². The van der Waals surface area contributed by atoms with Gasteiger partial charge in [-0.2, -0.15) is 0 Å². The highest BCUT2D eigenvalue weighted by Gasteiger charge is 2.21. The molecule has 0 aliphatic carbocycles. The van der Waals surface area contributed by atoms with E-state index in [0.717, 1.165) is 22.0 Å². The fourth-order valence-corrected chi connectivity index (χ4v) is 2.51. The standard InChI is InChI=1S/C21H19NO2/c1-15(2)20(23)21(24)22-13-12-18-14-17(10-11-19(18)22)9-8-16-6-4-3-5-7-16/h3-7,10-15,20,23H,1-2H3. The summed E-state index contributed by atoms with van der Waals surface area (Å²) in [5.74, 6) is 5.84. The van der Waals surface area contributed by atoms with Crippen molar-refractivity contribution >= 4 is 16.8 Å². The lowest BCUT2D eigenvalue weighted by molar-refractivity contribution is 0.0560. The van der Waals surface area contributed by atoms with Crippen LogP contribution in [0.4, 0.5) is 0 Å². The van der Waals surface area contributed by atoms with E-state index in [4.69, 9.17) is 0 Å². The van der Waals surface area contributed by atoms with Crippen LogP contribution in [0.3, 0.4) is 0 Å². The molecule has 0 amide bonds. The lowest BCUT2D eigenvalue weighted by atomic mass is 10.1. The summed E-state index contributed by atoms with van der Waals surface area (Å²) in [6, 6.07) is 17.4. The number of carbonyl (C=O) groups is 1. The van der Waals surface area contributed by atoms with Gasteiger partial charge in [0, 0.05) is 22.7 Å². The molecule has 3 nitrogen and oxygen atoms in total. The quantitative estimate of drug-likeness (QED) is 0.732. The third-order valence-electron chi connectivity index (χ3n) is 3.94. The first kappa shape index (κ1) is 16.0. The molecule has 3 aromatic rings. The molecule has 0 fully saturated rings. The maximum atomic E-state index is 12.3. The van der Waals surface area contributed by atoms with Crippen molar-refractivity contribution in [2.75, 3.05) is 0 Å². The van der Waals surface area contributed by atoms with Crippen LogP contribution in [0.25, 0.3) is 10.9 Å². The van der Waals surface area contributed by atoms with Crippen LogP contribution in [0.15, 0.2) is 60.8 Å². The second kappa shape index (κ2) is 6.74. The smallest absolute Gasteiger partial charge is 0.260 e. The Labute approximate surface area is 141 Å². The molecular formula is C21H19NO2. The molecule has 1 N–H and O–H groups in total. The van der Waals surface area contributed by atoms with E-state index >= 15 is 0 Å². The summed E-state index contributed by atoms with van der Waals surface area (Å²) in [7, 11) is 0. The van der Waals surface area contributed by atoms with Crippen molar-refractivity contribution in [3.63, 3.8) is 0 Å². The lowest BCUT2D eigenvalue weighted by Gasteiger charge is -2.14. The highest BCUT2D eigenvalue weighted by Crippen LogP contribution is 2.19. The first-order chi connectivity index (χ1) is 11.6. The van der Waals surface area contributed by atoms with E-state index in [1.807, 2.05) is 68.4 Å². The van der Waals surface area contributed by atoms with Gasteiger partial charge in [0.05, 0.1) is 5.52 Å². The predicted molar refractivity (Wildman–Crippen MR) is 95.8 cm³/mol. The number of rotatable bonds is 2. The summed E-state index contributed by atoms with van der Waals surface area (Å²) in [6.07, 6.45) is 0.700. The fraction of sp³-hybridized carbons (Fsp3) is 0.190. The SMILES string of the molecule is CC(C)C(O)C(=O)n1ccc2cc(C#Cc3ccccc3)ccc21. The number of aliphatic hydroxyl groups is 1. The minimum Gasteiger partial charge on any atom is -0.383 e. The second-order valence-corrected chi connectivity index (χ2v) is 6.10. The number of aromatic nitrogens is 1. The molecule has 3 heteroatoms. The first-order valence-corrected chi connectivity index (χ1v) is 7.97. The average molecular weight is 317 g/mol. The van der Waals surface area contributed by atoms with Gasteiger partial charge in [-0.15, -0.1) is 0 Å². The second-order valence-electron chi connectivity index (χ2n) is 6.10. The predicted octanol–water partition coefficient (Wildman–Crippen LogP) is 3.70. The van der Waals surface area contributed by atoms with Crippen LogP contribution in [-0.4, -0.2) is 21.7 Å². The number of nitrogens with zero attached hydrogens (tertiary/aromatic N) is 1. The molecule has 1 aromatic heterocycles. The Bertz CT molecular complexity index is 927. The number of carbonyl (C=O) groups excluding carboxylic acids is 1. The van der Waals surface area contributed by atoms with E-state index in [9.17, 15) is 9.90 Å². The van der Waals surface area contributed by atoms with Crippen LogP contribution >= 0.6 is 0 Å². The summed E-state index contributed by atoms with van der Waals surface area (Å²) < 4.78 is 1.51. The van der Waals surface area contributed by atoms with Gasteiger partial charge in [-0.1, -0.05) is 43.9 Å². The van der Waals surface area contributed by atoms with Crippen molar-refractivity contribution in [1.29, 1.82) is 0 Å². The van der Waals surface area contributed by atoms with E-state index in [1.54, 1.807) is 6.20 Å². The molecule has 1 atom stereocenters. The summed E-state index contributed by atoms with van der Waals surface area (Å²) in [5.41, 5.74) is 2.64. The molecule has 0 bridgehead atoms. The molecule has 0 saturated heterocycles. The van der Waals surface area contributed by atoms with Crippen LogP contribution in [0, 0.1) is 17.8 Å². The van der Waals surface area contributed by atoms with Gasteiger partial charge < -0.3 is 5.11 Å². The largest absolute Gasteiger partial charge is 0.383 e. The van der Waals surface area contributed by atoms with Gasteiger partial charge in [0.25, 0.3) is 5.91 Å². The fourth-order valence-electron chi connectivity index (χ4n) is 2.51. The number of aliphatic hydroxyl groups excluding tert-OH is 1. The van der Waals surface area contributed by atoms with Gasteiger partial charge in [0.2, 0.25) is 0 Å². The normalized spacial score (nSPS) is 12.0.